The number of para-hydroxylation sites is 2. The van der Waals surface area contributed by atoms with Crippen LogP contribution in [0.25, 0.3) is 39.1 Å². The van der Waals surface area contributed by atoms with Crippen molar-refractivity contribution in [3.63, 3.8) is 0 Å². The molecule has 0 aliphatic carbocycles. The number of nitrogens with zero attached hydrogens (tertiary/aromatic N) is 3. The molecule has 144 valence electrons. The topological polar surface area (TPSA) is 21.7 Å². The van der Waals surface area contributed by atoms with Crippen LogP contribution in [-0.2, 0) is 13.5 Å². The van der Waals surface area contributed by atoms with E-state index < -0.39 is 0 Å². The third kappa shape index (κ3) is 2.45. The molecule has 3 aromatic carbocycles. The highest BCUT2D eigenvalue weighted by Gasteiger charge is 2.29. The number of fused-ring (bicyclic) bond motifs is 5. The molecular formula is C27H22N3+. The number of rotatable bonds is 2. The van der Waals surface area contributed by atoms with Gasteiger partial charge >= 0.3 is 0 Å². The summed E-state index contributed by atoms with van der Waals surface area (Å²) in [5.41, 5.74) is 11.2. The zero-order valence-electron chi connectivity index (χ0n) is 17.1. The molecule has 1 aliphatic heterocycles. The number of aryl methyl sites for hydroxylation is 2. The molecule has 0 spiro atoms. The molecule has 5 aromatic rings. The van der Waals surface area contributed by atoms with Gasteiger partial charge in [0.15, 0.2) is 6.20 Å². The van der Waals surface area contributed by atoms with Crippen LogP contribution < -0.4 is 4.57 Å². The summed E-state index contributed by atoms with van der Waals surface area (Å²) in [7, 11) is 2.13. The van der Waals surface area contributed by atoms with Gasteiger partial charge in [-0.15, -0.1) is 0 Å². The first-order valence-corrected chi connectivity index (χ1v) is 10.4. The minimum absolute atomic E-state index is 0.858. The maximum Gasteiger partial charge on any atom is 0.213 e. The van der Waals surface area contributed by atoms with E-state index in [0.29, 0.717) is 0 Å². The Bertz CT molecular complexity index is 1430. The largest absolute Gasteiger partial charge is 0.296 e. The molecule has 0 saturated carbocycles. The Labute approximate surface area is 175 Å². The normalized spacial score (nSPS) is 12.2. The van der Waals surface area contributed by atoms with Crippen LogP contribution in [0.3, 0.4) is 0 Å². The molecular weight excluding hydrogens is 366 g/mol. The predicted octanol–water partition coefficient (Wildman–Crippen LogP) is 5.40. The van der Waals surface area contributed by atoms with Crippen molar-refractivity contribution in [2.45, 2.75) is 13.3 Å². The molecule has 3 heterocycles. The van der Waals surface area contributed by atoms with E-state index in [9.17, 15) is 0 Å². The van der Waals surface area contributed by atoms with Gasteiger partial charge in [0, 0.05) is 18.6 Å². The van der Waals surface area contributed by atoms with Gasteiger partial charge in [0.05, 0.1) is 22.3 Å². The van der Waals surface area contributed by atoms with Crippen molar-refractivity contribution in [2.75, 3.05) is 0 Å². The second-order valence-corrected chi connectivity index (χ2v) is 8.06. The van der Waals surface area contributed by atoms with Crippen LogP contribution in [0.1, 0.15) is 17.0 Å². The van der Waals surface area contributed by atoms with Gasteiger partial charge in [-0.2, -0.15) is 0 Å². The molecule has 3 heteroatoms. The lowest BCUT2D eigenvalue weighted by Gasteiger charge is -2.12. The Hall–Kier alpha value is -3.72. The third-order valence-electron chi connectivity index (χ3n) is 6.22. The SMILES string of the molecule is Cc1ccc2c(c1-c1cc(-c3ccccc3)cc[n+]1C)Cc1nc3ccccc3n1-2. The average molecular weight is 388 g/mol. The molecule has 2 aromatic heterocycles. The van der Waals surface area contributed by atoms with Gasteiger partial charge in [0.25, 0.3) is 0 Å². The molecule has 1 aliphatic rings. The second kappa shape index (κ2) is 6.39. The van der Waals surface area contributed by atoms with Gasteiger partial charge in [-0.3, -0.25) is 4.57 Å². The lowest BCUT2D eigenvalue weighted by Crippen LogP contribution is -2.31. The second-order valence-electron chi connectivity index (χ2n) is 8.06. The molecule has 0 radical (unpaired) electrons. The highest BCUT2D eigenvalue weighted by Crippen LogP contribution is 2.39. The number of pyridine rings is 1. The summed E-state index contributed by atoms with van der Waals surface area (Å²) in [5.74, 6) is 1.12. The van der Waals surface area contributed by atoms with E-state index in [1.165, 1.54) is 44.7 Å². The Morgan fingerprint density at radius 2 is 1.67 bits per heavy atom. The lowest BCUT2D eigenvalue weighted by atomic mass is 9.94. The van der Waals surface area contributed by atoms with Crippen molar-refractivity contribution < 1.29 is 4.57 Å². The summed E-state index contributed by atoms with van der Waals surface area (Å²) in [6.07, 6.45) is 3.02. The van der Waals surface area contributed by atoms with E-state index in [1.54, 1.807) is 0 Å². The van der Waals surface area contributed by atoms with E-state index in [4.69, 9.17) is 4.98 Å². The van der Waals surface area contributed by atoms with Gasteiger partial charge in [-0.1, -0.05) is 48.5 Å². The van der Waals surface area contributed by atoms with E-state index in [1.807, 2.05) is 0 Å². The predicted molar refractivity (Wildman–Crippen MR) is 121 cm³/mol. The average Bonchev–Trinajstić information content (AvgIpc) is 3.31. The lowest BCUT2D eigenvalue weighted by molar-refractivity contribution is -0.660. The Kier molecular flexibility index (Phi) is 3.66. The molecule has 0 fully saturated rings. The molecule has 0 saturated heterocycles. The molecule has 0 amide bonds. The molecule has 0 bridgehead atoms. The minimum Gasteiger partial charge on any atom is -0.296 e. The van der Waals surface area contributed by atoms with Crippen molar-refractivity contribution in [1.82, 2.24) is 9.55 Å². The fraction of sp³-hybridized carbons (Fsp3) is 0.111. The van der Waals surface area contributed by atoms with Crippen molar-refractivity contribution in [2.24, 2.45) is 7.05 Å². The van der Waals surface area contributed by atoms with Crippen molar-refractivity contribution >= 4 is 11.0 Å². The number of hydrogen-bond donors (Lipinski definition) is 0. The number of hydrogen-bond acceptors (Lipinski definition) is 1. The molecule has 30 heavy (non-hydrogen) atoms. The van der Waals surface area contributed by atoms with Crippen LogP contribution in [-0.4, -0.2) is 9.55 Å². The molecule has 0 N–H and O–H groups in total. The van der Waals surface area contributed by atoms with E-state index in [2.05, 4.69) is 108 Å². The summed E-state index contributed by atoms with van der Waals surface area (Å²) in [6.45, 7) is 2.21. The van der Waals surface area contributed by atoms with Crippen LogP contribution in [0.5, 0.6) is 0 Å². The first kappa shape index (κ1) is 17.2. The fourth-order valence-corrected chi connectivity index (χ4v) is 4.75. The molecule has 6 rings (SSSR count). The maximum absolute atomic E-state index is 4.92. The van der Waals surface area contributed by atoms with Crippen LogP contribution >= 0.6 is 0 Å². The van der Waals surface area contributed by atoms with E-state index in [0.717, 1.165) is 17.8 Å². The standard InChI is InChI=1S/C27H22N3/c1-18-12-13-23-21(17-26-28-22-10-6-7-11-24(22)30(23)26)27(18)25-16-20(14-15-29(25)2)19-8-4-3-5-9-19/h3-16H,17H2,1-2H3/q+1. The molecule has 3 nitrogen and oxygen atoms in total. The minimum atomic E-state index is 0.858. The maximum atomic E-state index is 4.92. The zero-order valence-corrected chi connectivity index (χ0v) is 17.1. The van der Waals surface area contributed by atoms with E-state index in [-0.39, 0.29) is 0 Å². The summed E-state index contributed by atoms with van der Waals surface area (Å²) in [5, 5.41) is 0. The highest BCUT2D eigenvalue weighted by molar-refractivity contribution is 5.83. The monoisotopic (exact) mass is 388 g/mol. The van der Waals surface area contributed by atoms with Crippen LogP contribution in [0.4, 0.5) is 0 Å². The van der Waals surface area contributed by atoms with Crippen LogP contribution in [0.15, 0.2) is 85.1 Å². The summed E-state index contributed by atoms with van der Waals surface area (Å²) >= 11 is 0. The van der Waals surface area contributed by atoms with Crippen LogP contribution in [0, 0.1) is 6.92 Å². The Morgan fingerprint density at radius 1 is 0.867 bits per heavy atom. The first-order valence-electron chi connectivity index (χ1n) is 10.4. The van der Waals surface area contributed by atoms with E-state index >= 15 is 0 Å². The Morgan fingerprint density at radius 3 is 2.53 bits per heavy atom. The highest BCUT2D eigenvalue weighted by atomic mass is 15.1. The van der Waals surface area contributed by atoms with Crippen LogP contribution in [0.2, 0.25) is 0 Å². The zero-order chi connectivity index (χ0) is 20.2. The smallest absolute Gasteiger partial charge is 0.213 e. The van der Waals surface area contributed by atoms with Gasteiger partial charge in [-0.05, 0) is 47.4 Å². The van der Waals surface area contributed by atoms with Crippen molar-refractivity contribution in [3.8, 4) is 28.1 Å². The summed E-state index contributed by atoms with van der Waals surface area (Å²) in [6, 6.07) is 28.0. The number of imidazole rings is 1. The quantitative estimate of drug-likeness (QED) is 0.364. The number of aromatic nitrogens is 3. The molecule has 0 unspecified atom stereocenters. The Balaban J connectivity index is 1.58. The summed E-state index contributed by atoms with van der Waals surface area (Å²) in [4.78, 5) is 4.92. The van der Waals surface area contributed by atoms with Crippen molar-refractivity contribution in [3.05, 3.63) is 102 Å². The third-order valence-corrected chi connectivity index (χ3v) is 6.22. The van der Waals surface area contributed by atoms with Crippen molar-refractivity contribution in [1.29, 1.82) is 0 Å². The number of benzene rings is 3. The summed E-state index contributed by atoms with van der Waals surface area (Å²) < 4.78 is 4.56. The van der Waals surface area contributed by atoms with Gasteiger partial charge in [0.1, 0.15) is 12.9 Å². The van der Waals surface area contributed by atoms with Gasteiger partial charge < -0.3 is 0 Å². The van der Waals surface area contributed by atoms with Gasteiger partial charge in [-0.25, -0.2) is 9.55 Å². The fourth-order valence-electron chi connectivity index (χ4n) is 4.75. The van der Waals surface area contributed by atoms with Gasteiger partial charge in [0.2, 0.25) is 5.69 Å². The first-order chi connectivity index (χ1) is 14.7. The molecule has 0 atom stereocenters.